The summed E-state index contributed by atoms with van der Waals surface area (Å²) in [6.07, 6.45) is 3.75. The van der Waals surface area contributed by atoms with Crippen molar-refractivity contribution in [3.8, 4) is 5.95 Å². The summed E-state index contributed by atoms with van der Waals surface area (Å²) in [5.41, 5.74) is 3.78. The number of aromatic nitrogens is 6. The fourth-order valence-corrected chi connectivity index (χ4v) is 4.68. The predicted molar refractivity (Wildman–Crippen MR) is 116 cm³/mol. The Labute approximate surface area is 181 Å². The van der Waals surface area contributed by atoms with Gasteiger partial charge in [-0.1, -0.05) is 24.3 Å². The van der Waals surface area contributed by atoms with Gasteiger partial charge in [-0.2, -0.15) is 4.98 Å². The Morgan fingerprint density at radius 2 is 1.88 bits per heavy atom. The van der Waals surface area contributed by atoms with Gasteiger partial charge in [0.05, 0.1) is 29.4 Å². The number of aliphatic hydroxyl groups is 1. The van der Waals surface area contributed by atoms with Crippen LogP contribution in [0, 0.1) is 5.82 Å². The highest BCUT2D eigenvalue weighted by Crippen LogP contribution is 2.38. The van der Waals surface area contributed by atoms with E-state index >= 15 is 0 Å². The van der Waals surface area contributed by atoms with E-state index < -0.39 is 6.10 Å². The van der Waals surface area contributed by atoms with Crippen molar-refractivity contribution >= 4 is 22.2 Å². The van der Waals surface area contributed by atoms with E-state index in [0.29, 0.717) is 41.0 Å². The van der Waals surface area contributed by atoms with Gasteiger partial charge in [0.15, 0.2) is 5.65 Å². The van der Waals surface area contributed by atoms with Gasteiger partial charge in [0.2, 0.25) is 5.95 Å². The Kier molecular flexibility index (Phi) is 4.03. The lowest BCUT2D eigenvalue weighted by Gasteiger charge is -2.29. The molecule has 8 nitrogen and oxygen atoms in total. The van der Waals surface area contributed by atoms with E-state index in [0.717, 1.165) is 11.1 Å². The molecule has 32 heavy (non-hydrogen) atoms. The maximum atomic E-state index is 13.8. The zero-order valence-electron chi connectivity index (χ0n) is 17.2. The molecular weight excluding hydrogens is 411 g/mol. The van der Waals surface area contributed by atoms with Gasteiger partial charge in [-0.15, -0.1) is 0 Å². The highest BCUT2D eigenvalue weighted by molar-refractivity contribution is 5.77. The first-order valence-corrected chi connectivity index (χ1v) is 10.4. The third-order valence-corrected chi connectivity index (χ3v) is 6.28. The van der Waals surface area contributed by atoms with E-state index in [-0.39, 0.29) is 17.5 Å². The molecule has 0 saturated heterocycles. The van der Waals surface area contributed by atoms with Gasteiger partial charge >= 0.3 is 5.69 Å². The molecule has 0 aliphatic heterocycles. The number of aryl methyl sites for hydroxylation is 1. The summed E-state index contributed by atoms with van der Waals surface area (Å²) in [7, 11) is 1.69. The van der Waals surface area contributed by atoms with Crippen LogP contribution in [0.25, 0.3) is 28.1 Å². The van der Waals surface area contributed by atoms with Crippen LogP contribution in [0.3, 0.4) is 0 Å². The summed E-state index contributed by atoms with van der Waals surface area (Å²) in [4.78, 5) is 26.7. The van der Waals surface area contributed by atoms with Crippen LogP contribution in [-0.4, -0.2) is 33.8 Å². The quantitative estimate of drug-likeness (QED) is 0.465. The lowest BCUT2D eigenvalue weighted by molar-refractivity contribution is 0.147. The standard InChI is InChI=1S/C23H19FN6O2/c1-28-19-11-25-22(29-12-26-16-7-6-13(24)10-18(16)29)27-21(19)30(23(28)32)17-8-9-20(31)15-5-3-2-4-14(15)17/h2-7,10-12,17,20,31H,8-9H2,1H3/t17-,20-/m1/s1. The lowest BCUT2D eigenvalue weighted by Crippen LogP contribution is -2.30. The highest BCUT2D eigenvalue weighted by Gasteiger charge is 2.30. The van der Waals surface area contributed by atoms with Gasteiger partial charge in [0, 0.05) is 13.1 Å². The molecule has 1 aliphatic rings. The minimum atomic E-state index is -0.550. The van der Waals surface area contributed by atoms with E-state index in [4.69, 9.17) is 4.98 Å². The average Bonchev–Trinajstić information content (AvgIpc) is 3.33. The van der Waals surface area contributed by atoms with Crippen LogP contribution < -0.4 is 5.69 Å². The van der Waals surface area contributed by atoms with E-state index in [1.807, 2.05) is 24.3 Å². The Morgan fingerprint density at radius 3 is 2.72 bits per heavy atom. The SMILES string of the molecule is Cn1c(=O)n([C@@H]2CC[C@@H](O)c3ccccc32)c2nc(-n3cnc4ccc(F)cc43)ncc21. The van der Waals surface area contributed by atoms with Crippen molar-refractivity contribution in [3.63, 3.8) is 0 Å². The van der Waals surface area contributed by atoms with Crippen molar-refractivity contribution in [3.05, 3.63) is 82.4 Å². The van der Waals surface area contributed by atoms with Crippen molar-refractivity contribution in [2.45, 2.75) is 25.0 Å². The summed E-state index contributed by atoms with van der Waals surface area (Å²) >= 11 is 0. The van der Waals surface area contributed by atoms with Gasteiger partial charge in [-0.25, -0.2) is 19.2 Å². The molecule has 6 rings (SSSR count). The molecule has 160 valence electrons. The predicted octanol–water partition coefficient (Wildman–Crippen LogP) is 3.02. The number of rotatable bonds is 2. The fourth-order valence-electron chi connectivity index (χ4n) is 4.68. The zero-order chi connectivity index (χ0) is 22.0. The van der Waals surface area contributed by atoms with Crippen LogP contribution >= 0.6 is 0 Å². The Hall–Kier alpha value is -3.85. The van der Waals surface area contributed by atoms with E-state index in [9.17, 15) is 14.3 Å². The minimum Gasteiger partial charge on any atom is -0.388 e. The summed E-state index contributed by atoms with van der Waals surface area (Å²) in [6, 6.07) is 11.7. The molecule has 0 unspecified atom stereocenters. The molecule has 5 aromatic rings. The Balaban J connectivity index is 1.59. The van der Waals surface area contributed by atoms with Crippen molar-refractivity contribution in [1.82, 2.24) is 28.7 Å². The summed E-state index contributed by atoms with van der Waals surface area (Å²) in [5, 5.41) is 10.4. The Bertz CT molecular complexity index is 1570. The van der Waals surface area contributed by atoms with E-state index in [1.54, 1.807) is 34.8 Å². The van der Waals surface area contributed by atoms with E-state index in [1.165, 1.54) is 16.7 Å². The first kappa shape index (κ1) is 18.9. The molecule has 1 aliphatic carbocycles. The molecule has 9 heteroatoms. The number of benzene rings is 2. The molecule has 2 atom stereocenters. The van der Waals surface area contributed by atoms with Gasteiger partial charge < -0.3 is 5.11 Å². The maximum Gasteiger partial charge on any atom is 0.330 e. The Morgan fingerprint density at radius 1 is 1.06 bits per heavy atom. The van der Waals surface area contributed by atoms with Crippen LogP contribution in [0.5, 0.6) is 0 Å². The first-order valence-electron chi connectivity index (χ1n) is 10.4. The molecule has 0 bridgehead atoms. The molecule has 3 aromatic heterocycles. The molecule has 0 radical (unpaired) electrons. The summed E-state index contributed by atoms with van der Waals surface area (Å²) < 4.78 is 18.7. The topological polar surface area (TPSA) is 90.8 Å². The zero-order valence-corrected chi connectivity index (χ0v) is 17.2. The molecule has 0 spiro atoms. The minimum absolute atomic E-state index is 0.204. The maximum absolute atomic E-state index is 13.8. The number of halogens is 1. The normalized spacial score (nSPS) is 18.3. The largest absolute Gasteiger partial charge is 0.388 e. The molecular formula is C23H19FN6O2. The van der Waals surface area contributed by atoms with Crippen LogP contribution in [0.2, 0.25) is 0 Å². The lowest BCUT2D eigenvalue weighted by atomic mass is 9.85. The number of nitrogens with zero attached hydrogens (tertiary/aromatic N) is 6. The fraction of sp³-hybridized carbons (Fsp3) is 0.217. The molecule has 0 fully saturated rings. The molecule has 0 saturated carbocycles. The van der Waals surface area contributed by atoms with E-state index in [2.05, 4.69) is 9.97 Å². The molecule has 1 N–H and O–H groups in total. The van der Waals surface area contributed by atoms with Crippen LogP contribution in [0.4, 0.5) is 4.39 Å². The number of imidazole rings is 2. The van der Waals surface area contributed by atoms with Gasteiger partial charge in [0.1, 0.15) is 17.7 Å². The molecule has 3 heterocycles. The highest BCUT2D eigenvalue weighted by atomic mass is 19.1. The van der Waals surface area contributed by atoms with Gasteiger partial charge in [-0.05, 0) is 36.1 Å². The van der Waals surface area contributed by atoms with Gasteiger partial charge in [0.25, 0.3) is 0 Å². The molecule has 0 amide bonds. The monoisotopic (exact) mass is 430 g/mol. The number of hydrogen-bond acceptors (Lipinski definition) is 5. The number of hydrogen-bond donors (Lipinski definition) is 1. The average molecular weight is 430 g/mol. The summed E-state index contributed by atoms with van der Waals surface area (Å²) in [5.74, 6) is -0.0802. The van der Waals surface area contributed by atoms with Crippen LogP contribution in [-0.2, 0) is 7.05 Å². The molecule has 2 aromatic carbocycles. The second kappa shape index (κ2) is 6.83. The van der Waals surface area contributed by atoms with Crippen molar-refractivity contribution < 1.29 is 9.50 Å². The number of fused-ring (bicyclic) bond motifs is 3. The number of aliphatic hydroxyl groups excluding tert-OH is 1. The third kappa shape index (κ3) is 2.64. The summed E-state index contributed by atoms with van der Waals surface area (Å²) in [6.45, 7) is 0. The van der Waals surface area contributed by atoms with Crippen LogP contribution in [0.1, 0.15) is 36.1 Å². The first-order chi connectivity index (χ1) is 15.5. The van der Waals surface area contributed by atoms with Crippen LogP contribution in [0.15, 0.2) is 59.8 Å². The smallest absolute Gasteiger partial charge is 0.330 e. The van der Waals surface area contributed by atoms with Crippen molar-refractivity contribution in [2.24, 2.45) is 7.05 Å². The van der Waals surface area contributed by atoms with Crippen molar-refractivity contribution in [2.75, 3.05) is 0 Å². The van der Waals surface area contributed by atoms with Gasteiger partial charge in [-0.3, -0.25) is 13.7 Å². The van der Waals surface area contributed by atoms with Crippen molar-refractivity contribution in [1.29, 1.82) is 0 Å². The third-order valence-electron chi connectivity index (χ3n) is 6.28. The second-order valence-corrected chi connectivity index (χ2v) is 8.08. The second-order valence-electron chi connectivity index (χ2n) is 8.08.